The summed E-state index contributed by atoms with van der Waals surface area (Å²) in [7, 11) is 1.20. The standard InChI is InChI=1S/C13H16Cl3NO3S/c1-2-3-4-5-6-17-13(18)9-7-10(14)12(15)11(8-9)21(16,19)20/h7-8H,2-6H2,1H3,(H,17,18). The third-order valence-corrected chi connectivity index (χ3v) is 5.10. The van der Waals surface area contributed by atoms with Gasteiger partial charge >= 0.3 is 0 Å². The molecule has 21 heavy (non-hydrogen) atoms. The van der Waals surface area contributed by atoms with E-state index in [9.17, 15) is 13.2 Å². The van der Waals surface area contributed by atoms with Crippen LogP contribution < -0.4 is 5.32 Å². The third kappa shape index (κ3) is 5.66. The van der Waals surface area contributed by atoms with Crippen molar-refractivity contribution in [3.63, 3.8) is 0 Å². The first-order valence-corrected chi connectivity index (χ1v) is 9.55. The van der Waals surface area contributed by atoms with Crippen molar-refractivity contribution >= 4 is 48.8 Å². The van der Waals surface area contributed by atoms with E-state index in [2.05, 4.69) is 12.2 Å². The Labute approximate surface area is 139 Å². The fourth-order valence-corrected chi connectivity index (χ4v) is 3.49. The third-order valence-electron chi connectivity index (χ3n) is 2.84. The van der Waals surface area contributed by atoms with Crippen LogP contribution in [-0.4, -0.2) is 20.9 Å². The van der Waals surface area contributed by atoms with Crippen LogP contribution in [0.2, 0.25) is 10.0 Å². The number of rotatable bonds is 7. The number of unbranched alkanes of at least 4 members (excludes halogenated alkanes) is 3. The molecule has 0 saturated heterocycles. The van der Waals surface area contributed by atoms with Crippen molar-refractivity contribution in [2.75, 3.05) is 6.54 Å². The van der Waals surface area contributed by atoms with Gasteiger partial charge in [-0.15, -0.1) is 0 Å². The molecule has 8 heteroatoms. The van der Waals surface area contributed by atoms with E-state index in [0.717, 1.165) is 31.7 Å². The van der Waals surface area contributed by atoms with Crippen LogP contribution in [0.15, 0.2) is 17.0 Å². The number of carbonyl (C=O) groups is 1. The molecule has 0 atom stereocenters. The van der Waals surface area contributed by atoms with Crippen LogP contribution in [0.5, 0.6) is 0 Å². The zero-order valence-corrected chi connectivity index (χ0v) is 14.5. The molecule has 4 nitrogen and oxygen atoms in total. The Morgan fingerprint density at radius 3 is 2.43 bits per heavy atom. The van der Waals surface area contributed by atoms with Crippen molar-refractivity contribution in [3.8, 4) is 0 Å². The van der Waals surface area contributed by atoms with E-state index in [4.69, 9.17) is 33.9 Å². The summed E-state index contributed by atoms with van der Waals surface area (Å²) >= 11 is 11.6. The lowest BCUT2D eigenvalue weighted by Gasteiger charge is -2.08. The maximum absolute atomic E-state index is 12.0. The summed E-state index contributed by atoms with van der Waals surface area (Å²) in [6, 6.07) is 2.44. The van der Waals surface area contributed by atoms with Crippen LogP contribution in [0.25, 0.3) is 0 Å². The minimum atomic E-state index is -4.07. The van der Waals surface area contributed by atoms with E-state index in [1.807, 2.05) is 0 Å². The summed E-state index contributed by atoms with van der Waals surface area (Å²) in [5.41, 5.74) is 0.110. The van der Waals surface area contributed by atoms with E-state index >= 15 is 0 Å². The molecule has 1 amide bonds. The fourth-order valence-electron chi connectivity index (χ4n) is 1.73. The average Bonchev–Trinajstić information content (AvgIpc) is 2.39. The maximum atomic E-state index is 12.0. The van der Waals surface area contributed by atoms with Crippen molar-refractivity contribution in [1.29, 1.82) is 0 Å². The summed E-state index contributed by atoms with van der Waals surface area (Å²) in [6.07, 6.45) is 4.11. The van der Waals surface area contributed by atoms with Gasteiger partial charge in [-0.05, 0) is 18.6 Å². The Kier molecular flexibility index (Phi) is 7.27. The summed E-state index contributed by atoms with van der Waals surface area (Å²) in [5.74, 6) is -0.411. The molecule has 0 aliphatic rings. The second-order valence-electron chi connectivity index (χ2n) is 4.52. The average molecular weight is 373 g/mol. The lowest BCUT2D eigenvalue weighted by molar-refractivity contribution is 0.0952. The van der Waals surface area contributed by atoms with Crippen LogP contribution >= 0.6 is 33.9 Å². The summed E-state index contributed by atoms with van der Waals surface area (Å²) in [5, 5.41) is 2.48. The van der Waals surface area contributed by atoms with E-state index in [1.54, 1.807) is 0 Å². The van der Waals surface area contributed by atoms with Gasteiger partial charge in [0.1, 0.15) is 4.90 Å². The topological polar surface area (TPSA) is 63.2 Å². The number of amides is 1. The SMILES string of the molecule is CCCCCCNC(=O)c1cc(Cl)c(Cl)c(S(=O)(=O)Cl)c1. The summed E-state index contributed by atoms with van der Waals surface area (Å²) in [4.78, 5) is 11.6. The van der Waals surface area contributed by atoms with Gasteiger partial charge in [0.25, 0.3) is 15.0 Å². The monoisotopic (exact) mass is 371 g/mol. The highest BCUT2D eigenvalue weighted by Gasteiger charge is 2.20. The second-order valence-corrected chi connectivity index (χ2v) is 7.84. The van der Waals surface area contributed by atoms with Crippen LogP contribution in [0.1, 0.15) is 43.0 Å². The number of carbonyl (C=O) groups excluding carboxylic acids is 1. The highest BCUT2D eigenvalue weighted by molar-refractivity contribution is 8.13. The largest absolute Gasteiger partial charge is 0.352 e. The van der Waals surface area contributed by atoms with Crippen LogP contribution in [0.4, 0.5) is 0 Å². The predicted molar refractivity (Wildman–Crippen MR) is 86.0 cm³/mol. The molecule has 0 heterocycles. The molecule has 0 unspecified atom stereocenters. The molecule has 1 aromatic rings. The highest BCUT2D eigenvalue weighted by atomic mass is 35.7. The van der Waals surface area contributed by atoms with Crippen LogP contribution in [-0.2, 0) is 9.05 Å². The quantitative estimate of drug-likeness (QED) is 0.575. The smallest absolute Gasteiger partial charge is 0.262 e. The zero-order chi connectivity index (χ0) is 16.0. The first-order chi connectivity index (χ1) is 9.77. The van der Waals surface area contributed by atoms with Crippen molar-refractivity contribution in [3.05, 3.63) is 27.7 Å². The normalized spacial score (nSPS) is 11.4. The number of hydrogen-bond donors (Lipinski definition) is 1. The molecule has 0 saturated carbocycles. The van der Waals surface area contributed by atoms with Gasteiger partial charge in [-0.3, -0.25) is 4.79 Å². The van der Waals surface area contributed by atoms with Crippen molar-refractivity contribution < 1.29 is 13.2 Å². The first-order valence-electron chi connectivity index (χ1n) is 6.49. The molecule has 0 radical (unpaired) electrons. The van der Waals surface area contributed by atoms with Crippen LogP contribution in [0, 0.1) is 0 Å². The maximum Gasteiger partial charge on any atom is 0.262 e. The highest BCUT2D eigenvalue weighted by Crippen LogP contribution is 2.32. The molecule has 0 spiro atoms. The summed E-state index contributed by atoms with van der Waals surface area (Å²) < 4.78 is 22.8. The first kappa shape index (κ1) is 18.6. The van der Waals surface area contributed by atoms with Gasteiger partial charge in [0.2, 0.25) is 0 Å². The Balaban J connectivity index is 2.84. The van der Waals surface area contributed by atoms with Crippen molar-refractivity contribution in [1.82, 2.24) is 5.32 Å². The number of hydrogen-bond acceptors (Lipinski definition) is 3. The summed E-state index contributed by atoms with van der Waals surface area (Å²) in [6.45, 7) is 2.62. The lowest BCUT2D eigenvalue weighted by Crippen LogP contribution is -2.24. The van der Waals surface area contributed by atoms with E-state index in [-0.39, 0.29) is 20.5 Å². The molecule has 0 fully saturated rings. The van der Waals surface area contributed by atoms with Gasteiger partial charge in [-0.1, -0.05) is 49.4 Å². The zero-order valence-electron chi connectivity index (χ0n) is 11.5. The molecule has 0 aliphatic heterocycles. The van der Waals surface area contributed by atoms with E-state index < -0.39 is 15.0 Å². The van der Waals surface area contributed by atoms with Crippen LogP contribution in [0.3, 0.4) is 0 Å². The minimum absolute atomic E-state index is 0.0328. The molecule has 0 aromatic heterocycles. The van der Waals surface area contributed by atoms with Gasteiger partial charge in [0, 0.05) is 22.8 Å². The molecule has 1 aromatic carbocycles. The van der Waals surface area contributed by atoms with Gasteiger partial charge in [0.05, 0.1) is 10.0 Å². The Bertz CT molecular complexity index is 617. The van der Waals surface area contributed by atoms with E-state index in [0.29, 0.717) is 6.54 Å². The Morgan fingerprint density at radius 2 is 1.86 bits per heavy atom. The van der Waals surface area contributed by atoms with E-state index in [1.165, 1.54) is 6.07 Å². The number of benzene rings is 1. The Morgan fingerprint density at radius 1 is 1.19 bits per heavy atom. The number of halogens is 3. The Hall–Kier alpha value is -0.490. The number of nitrogens with one attached hydrogen (secondary N) is 1. The fraction of sp³-hybridized carbons (Fsp3) is 0.462. The van der Waals surface area contributed by atoms with Gasteiger partial charge in [-0.25, -0.2) is 8.42 Å². The molecule has 0 bridgehead atoms. The van der Waals surface area contributed by atoms with Crippen molar-refractivity contribution in [2.45, 2.75) is 37.5 Å². The minimum Gasteiger partial charge on any atom is -0.352 e. The molecular weight excluding hydrogens is 357 g/mol. The molecular formula is C13H16Cl3NO3S. The van der Waals surface area contributed by atoms with Gasteiger partial charge < -0.3 is 5.32 Å². The second kappa shape index (κ2) is 8.22. The van der Waals surface area contributed by atoms with Gasteiger partial charge in [-0.2, -0.15) is 0 Å². The molecule has 1 rings (SSSR count). The predicted octanol–water partition coefficient (Wildman–Crippen LogP) is 4.23. The molecule has 0 aliphatic carbocycles. The molecule has 118 valence electrons. The lowest BCUT2D eigenvalue weighted by atomic mass is 10.2. The molecule has 1 N–H and O–H groups in total. The van der Waals surface area contributed by atoms with Crippen molar-refractivity contribution in [2.24, 2.45) is 0 Å². The van der Waals surface area contributed by atoms with Gasteiger partial charge in [0.15, 0.2) is 0 Å².